The standard InChI is InChI=1S/C17H26N2O2/c1-13-8-6-7-9-14(13)12-19(5)15(20)10-11-18-16(21)17(2,3)4/h6-9H,10-12H2,1-5H3,(H,18,21). The van der Waals surface area contributed by atoms with Crippen LogP contribution in [0.3, 0.4) is 0 Å². The van der Waals surface area contributed by atoms with Crippen molar-refractivity contribution < 1.29 is 9.59 Å². The van der Waals surface area contributed by atoms with Gasteiger partial charge in [0.15, 0.2) is 0 Å². The van der Waals surface area contributed by atoms with E-state index in [4.69, 9.17) is 0 Å². The van der Waals surface area contributed by atoms with E-state index in [9.17, 15) is 9.59 Å². The number of nitrogens with zero attached hydrogens (tertiary/aromatic N) is 1. The van der Waals surface area contributed by atoms with Crippen LogP contribution in [0.25, 0.3) is 0 Å². The number of amides is 2. The molecule has 0 unspecified atom stereocenters. The van der Waals surface area contributed by atoms with Gasteiger partial charge in [-0.3, -0.25) is 9.59 Å². The highest BCUT2D eigenvalue weighted by Crippen LogP contribution is 2.12. The van der Waals surface area contributed by atoms with Gasteiger partial charge in [-0.25, -0.2) is 0 Å². The summed E-state index contributed by atoms with van der Waals surface area (Å²) in [5.74, 6) is 0.00400. The maximum absolute atomic E-state index is 12.1. The van der Waals surface area contributed by atoms with Crippen molar-refractivity contribution in [3.63, 3.8) is 0 Å². The Bertz CT molecular complexity index is 504. The first kappa shape index (κ1) is 17.2. The van der Waals surface area contributed by atoms with Gasteiger partial charge < -0.3 is 10.2 Å². The molecule has 0 radical (unpaired) electrons. The molecule has 0 aliphatic rings. The average Bonchev–Trinajstić information content (AvgIpc) is 2.39. The number of hydrogen-bond donors (Lipinski definition) is 1. The average molecular weight is 290 g/mol. The lowest BCUT2D eigenvalue weighted by molar-refractivity contribution is -0.131. The monoisotopic (exact) mass is 290 g/mol. The lowest BCUT2D eigenvalue weighted by Crippen LogP contribution is -2.37. The third-order valence-corrected chi connectivity index (χ3v) is 3.40. The van der Waals surface area contributed by atoms with Crippen LogP contribution in [0.1, 0.15) is 38.3 Å². The van der Waals surface area contributed by atoms with E-state index in [0.29, 0.717) is 19.5 Å². The molecule has 1 aromatic rings. The molecule has 0 saturated heterocycles. The topological polar surface area (TPSA) is 49.4 Å². The Morgan fingerprint density at radius 1 is 1.19 bits per heavy atom. The normalized spacial score (nSPS) is 11.1. The molecule has 4 heteroatoms. The third-order valence-electron chi connectivity index (χ3n) is 3.40. The van der Waals surface area contributed by atoms with E-state index in [1.54, 1.807) is 11.9 Å². The molecule has 0 aliphatic heterocycles. The highest BCUT2D eigenvalue weighted by atomic mass is 16.2. The summed E-state index contributed by atoms with van der Waals surface area (Å²) in [6, 6.07) is 8.03. The van der Waals surface area contributed by atoms with Crippen LogP contribution in [0, 0.1) is 12.3 Å². The van der Waals surface area contributed by atoms with Gasteiger partial charge in [0.2, 0.25) is 11.8 Å². The molecule has 1 aromatic carbocycles. The fourth-order valence-electron chi connectivity index (χ4n) is 1.87. The van der Waals surface area contributed by atoms with Gasteiger partial charge in [-0.1, -0.05) is 45.0 Å². The van der Waals surface area contributed by atoms with Gasteiger partial charge in [0.05, 0.1) is 0 Å². The van der Waals surface area contributed by atoms with Crippen molar-refractivity contribution in [2.45, 2.75) is 40.7 Å². The van der Waals surface area contributed by atoms with E-state index in [0.717, 1.165) is 5.56 Å². The summed E-state index contributed by atoms with van der Waals surface area (Å²) in [6.45, 7) is 8.58. The zero-order valence-corrected chi connectivity index (χ0v) is 13.7. The fourth-order valence-corrected chi connectivity index (χ4v) is 1.87. The Morgan fingerprint density at radius 2 is 1.81 bits per heavy atom. The molecule has 4 nitrogen and oxygen atoms in total. The molecule has 21 heavy (non-hydrogen) atoms. The van der Waals surface area contributed by atoms with Crippen LogP contribution in [0.15, 0.2) is 24.3 Å². The highest BCUT2D eigenvalue weighted by molar-refractivity contribution is 5.82. The van der Waals surface area contributed by atoms with Crippen molar-refractivity contribution in [2.24, 2.45) is 5.41 Å². The summed E-state index contributed by atoms with van der Waals surface area (Å²) in [7, 11) is 1.79. The maximum Gasteiger partial charge on any atom is 0.225 e. The Balaban J connectivity index is 2.42. The van der Waals surface area contributed by atoms with Crippen LogP contribution < -0.4 is 5.32 Å². The lowest BCUT2D eigenvalue weighted by atomic mass is 9.96. The van der Waals surface area contributed by atoms with Gasteiger partial charge in [0.1, 0.15) is 0 Å². The van der Waals surface area contributed by atoms with Gasteiger partial charge in [-0.05, 0) is 18.1 Å². The first-order valence-electron chi connectivity index (χ1n) is 7.28. The minimum absolute atomic E-state index is 0.0307. The molecule has 0 spiro atoms. The molecule has 0 aliphatic carbocycles. The quantitative estimate of drug-likeness (QED) is 0.906. The molecular formula is C17H26N2O2. The van der Waals surface area contributed by atoms with E-state index < -0.39 is 5.41 Å². The third kappa shape index (κ3) is 5.58. The van der Waals surface area contributed by atoms with Gasteiger partial charge in [-0.2, -0.15) is 0 Å². The molecule has 0 atom stereocenters. The van der Waals surface area contributed by atoms with Gasteiger partial charge >= 0.3 is 0 Å². The number of nitrogens with one attached hydrogen (secondary N) is 1. The molecule has 0 heterocycles. The van der Waals surface area contributed by atoms with Crippen LogP contribution in [-0.4, -0.2) is 30.3 Å². The van der Waals surface area contributed by atoms with Crippen LogP contribution in [0.5, 0.6) is 0 Å². The largest absolute Gasteiger partial charge is 0.355 e. The zero-order valence-electron chi connectivity index (χ0n) is 13.7. The number of rotatable bonds is 5. The van der Waals surface area contributed by atoms with Crippen molar-refractivity contribution in [1.82, 2.24) is 10.2 Å². The van der Waals surface area contributed by atoms with Crippen LogP contribution >= 0.6 is 0 Å². The van der Waals surface area contributed by atoms with Gasteiger partial charge in [0, 0.05) is 32.0 Å². The van der Waals surface area contributed by atoms with Gasteiger partial charge in [0.25, 0.3) is 0 Å². The summed E-state index contributed by atoms with van der Waals surface area (Å²) in [5.41, 5.74) is 1.90. The fraction of sp³-hybridized carbons (Fsp3) is 0.529. The Kier molecular flexibility index (Phi) is 5.94. The highest BCUT2D eigenvalue weighted by Gasteiger charge is 2.21. The smallest absolute Gasteiger partial charge is 0.225 e. The molecule has 0 aromatic heterocycles. The van der Waals surface area contributed by atoms with E-state index in [1.807, 2.05) is 52.0 Å². The predicted octanol–water partition coefficient (Wildman–Crippen LogP) is 2.51. The van der Waals surface area contributed by atoms with E-state index in [1.165, 1.54) is 5.56 Å². The molecular weight excluding hydrogens is 264 g/mol. The van der Waals surface area contributed by atoms with Crippen LogP contribution in [-0.2, 0) is 16.1 Å². The van der Waals surface area contributed by atoms with E-state index >= 15 is 0 Å². The second-order valence-electron chi connectivity index (χ2n) is 6.43. The second kappa shape index (κ2) is 7.25. The maximum atomic E-state index is 12.1. The molecule has 0 fully saturated rings. The second-order valence-corrected chi connectivity index (χ2v) is 6.43. The summed E-state index contributed by atoms with van der Waals surface area (Å²) >= 11 is 0. The number of benzene rings is 1. The number of aryl methyl sites for hydroxylation is 1. The van der Waals surface area contributed by atoms with Crippen LogP contribution in [0.4, 0.5) is 0 Å². The minimum Gasteiger partial charge on any atom is -0.355 e. The van der Waals surface area contributed by atoms with Crippen molar-refractivity contribution in [3.8, 4) is 0 Å². The zero-order chi connectivity index (χ0) is 16.0. The van der Waals surface area contributed by atoms with E-state index in [-0.39, 0.29) is 11.8 Å². The summed E-state index contributed by atoms with van der Waals surface area (Å²) in [4.78, 5) is 25.5. The first-order valence-corrected chi connectivity index (χ1v) is 7.28. The molecule has 2 amide bonds. The predicted molar refractivity (Wildman–Crippen MR) is 84.7 cm³/mol. The minimum atomic E-state index is -0.421. The SMILES string of the molecule is Cc1ccccc1CN(C)C(=O)CCNC(=O)C(C)(C)C. The molecule has 1 rings (SSSR count). The molecule has 116 valence electrons. The summed E-state index contributed by atoms with van der Waals surface area (Å²) in [5, 5.41) is 2.80. The van der Waals surface area contributed by atoms with Crippen molar-refractivity contribution in [1.29, 1.82) is 0 Å². The Morgan fingerprint density at radius 3 is 2.38 bits per heavy atom. The lowest BCUT2D eigenvalue weighted by Gasteiger charge is -2.20. The summed E-state index contributed by atoms with van der Waals surface area (Å²) < 4.78 is 0. The van der Waals surface area contributed by atoms with Crippen molar-refractivity contribution in [3.05, 3.63) is 35.4 Å². The number of carbonyl (C=O) groups excluding carboxylic acids is 2. The summed E-state index contributed by atoms with van der Waals surface area (Å²) in [6.07, 6.45) is 0.324. The molecule has 1 N–H and O–H groups in total. The number of hydrogen-bond acceptors (Lipinski definition) is 2. The molecule has 0 bridgehead atoms. The van der Waals surface area contributed by atoms with E-state index in [2.05, 4.69) is 5.32 Å². The molecule has 0 saturated carbocycles. The Labute approximate surface area is 127 Å². The number of carbonyl (C=O) groups is 2. The van der Waals surface area contributed by atoms with Crippen molar-refractivity contribution in [2.75, 3.05) is 13.6 Å². The first-order chi connectivity index (χ1) is 9.71. The Hall–Kier alpha value is -1.84. The van der Waals surface area contributed by atoms with Crippen molar-refractivity contribution >= 4 is 11.8 Å². The van der Waals surface area contributed by atoms with Crippen LogP contribution in [0.2, 0.25) is 0 Å². The van der Waals surface area contributed by atoms with Gasteiger partial charge in [-0.15, -0.1) is 0 Å².